The average molecular weight is 346 g/mol. The first-order valence-corrected chi connectivity index (χ1v) is 7.88. The topological polar surface area (TPSA) is 58.4 Å². The molecule has 1 aromatic rings. The Morgan fingerprint density at radius 3 is 2.38 bits per heavy atom. The molecule has 1 aliphatic heterocycles. The van der Waals surface area contributed by atoms with E-state index in [1.165, 1.54) is 0 Å². The molecule has 3 N–H and O–H groups in total. The highest BCUT2D eigenvalue weighted by atomic mass is 35.5. The summed E-state index contributed by atoms with van der Waals surface area (Å²) in [5, 5.41) is 3.93. The van der Waals surface area contributed by atoms with Crippen LogP contribution < -0.4 is 11.1 Å². The van der Waals surface area contributed by atoms with E-state index in [2.05, 4.69) is 10.2 Å². The lowest BCUT2D eigenvalue weighted by atomic mass is 10.0. The van der Waals surface area contributed by atoms with Gasteiger partial charge in [0.15, 0.2) is 0 Å². The third-order valence-electron chi connectivity index (χ3n) is 3.43. The molecule has 1 fully saturated rings. The average Bonchev–Trinajstić information content (AvgIpc) is 2.39. The van der Waals surface area contributed by atoms with E-state index in [1.807, 2.05) is 0 Å². The number of amides is 1. The fraction of sp³-hybridized carbons (Fsp3) is 0.429. The summed E-state index contributed by atoms with van der Waals surface area (Å²) in [6.07, 6.45) is 1.76. The molecule has 0 radical (unpaired) electrons. The standard InChI is InChI=1S/C14H17Cl2N3OS/c15-10-5-9(6-11(16)7-10)14(20)18-12-1-3-19(4-2-12)8-13(17)21/h5-7,12H,1-4,8H2,(H2,17,21)(H,18,20). The summed E-state index contributed by atoms with van der Waals surface area (Å²) in [6.45, 7) is 2.39. The zero-order valence-electron chi connectivity index (χ0n) is 11.4. The summed E-state index contributed by atoms with van der Waals surface area (Å²) >= 11 is 16.7. The minimum atomic E-state index is -0.146. The molecule has 1 heterocycles. The van der Waals surface area contributed by atoms with Crippen LogP contribution in [-0.2, 0) is 0 Å². The van der Waals surface area contributed by atoms with E-state index < -0.39 is 0 Å². The zero-order valence-corrected chi connectivity index (χ0v) is 13.8. The van der Waals surface area contributed by atoms with Gasteiger partial charge in [-0.05, 0) is 31.0 Å². The smallest absolute Gasteiger partial charge is 0.251 e. The Hall–Kier alpha value is -0.880. The molecule has 1 saturated heterocycles. The van der Waals surface area contributed by atoms with Crippen molar-refractivity contribution in [2.24, 2.45) is 5.73 Å². The second-order valence-corrected chi connectivity index (χ2v) is 6.55. The summed E-state index contributed by atoms with van der Waals surface area (Å²) in [5.74, 6) is -0.146. The first-order valence-electron chi connectivity index (χ1n) is 6.71. The number of nitrogens with two attached hydrogens (primary N) is 1. The molecule has 0 atom stereocenters. The van der Waals surface area contributed by atoms with E-state index in [4.69, 9.17) is 41.2 Å². The highest BCUT2D eigenvalue weighted by Gasteiger charge is 2.21. The predicted octanol–water partition coefficient (Wildman–Crippen LogP) is 2.47. The van der Waals surface area contributed by atoms with Gasteiger partial charge in [-0.3, -0.25) is 9.69 Å². The number of carbonyl (C=O) groups excluding carboxylic acids is 1. The van der Waals surface area contributed by atoms with Crippen molar-refractivity contribution in [3.63, 3.8) is 0 Å². The molecule has 0 spiro atoms. The highest BCUT2D eigenvalue weighted by molar-refractivity contribution is 7.80. The van der Waals surface area contributed by atoms with Crippen LogP contribution in [0.1, 0.15) is 23.2 Å². The van der Waals surface area contributed by atoms with Crippen LogP contribution >= 0.6 is 35.4 Å². The number of piperidine rings is 1. The Balaban J connectivity index is 1.88. The molecule has 0 bridgehead atoms. The van der Waals surface area contributed by atoms with Crippen LogP contribution in [-0.4, -0.2) is 41.5 Å². The molecule has 1 aromatic carbocycles. The van der Waals surface area contributed by atoms with Crippen LogP contribution in [0.25, 0.3) is 0 Å². The molecule has 1 aliphatic rings. The molecular weight excluding hydrogens is 329 g/mol. The maximum Gasteiger partial charge on any atom is 0.251 e. The van der Waals surface area contributed by atoms with Gasteiger partial charge in [0.25, 0.3) is 5.91 Å². The van der Waals surface area contributed by atoms with Crippen molar-refractivity contribution in [2.75, 3.05) is 19.6 Å². The Labute approximate surface area is 139 Å². The molecule has 0 saturated carbocycles. The number of nitrogens with zero attached hydrogens (tertiary/aromatic N) is 1. The SMILES string of the molecule is NC(=S)CN1CCC(NC(=O)c2cc(Cl)cc(Cl)c2)CC1. The maximum absolute atomic E-state index is 12.2. The van der Waals surface area contributed by atoms with Crippen molar-refractivity contribution in [2.45, 2.75) is 18.9 Å². The molecule has 0 aromatic heterocycles. The third-order valence-corrected chi connectivity index (χ3v) is 3.99. The van der Waals surface area contributed by atoms with Gasteiger partial charge >= 0.3 is 0 Å². The Bertz CT molecular complexity index is 525. The molecule has 4 nitrogen and oxygen atoms in total. The number of nitrogens with one attached hydrogen (secondary N) is 1. The fourth-order valence-electron chi connectivity index (χ4n) is 2.41. The number of likely N-dealkylation sites (tertiary alicyclic amines) is 1. The van der Waals surface area contributed by atoms with Crippen molar-refractivity contribution in [3.05, 3.63) is 33.8 Å². The molecule has 1 amide bonds. The normalized spacial score (nSPS) is 16.7. The summed E-state index contributed by atoms with van der Waals surface area (Å²) in [7, 11) is 0. The molecule has 114 valence electrons. The van der Waals surface area contributed by atoms with Gasteiger partial charge in [-0.1, -0.05) is 35.4 Å². The molecule has 0 unspecified atom stereocenters. The number of hydrogen-bond donors (Lipinski definition) is 2. The lowest BCUT2D eigenvalue weighted by Crippen LogP contribution is -2.46. The molecule has 2 rings (SSSR count). The van der Waals surface area contributed by atoms with Gasteiger partial charge in [0.1, 0.15) is 0 Å². The summed E-state index contributed by atoms with van der Waals surface area (Å²) in [5.41, 5.74) is 6.02. The van der Waals surface area contributed by atoms with Gasteiger partial charge in [0.2, 0.25) is 0 Å². The molecule has 21 heavy (non-hydrogen) atoms. The number of thiocarbonyl (C=S) groups is 1. The third kappa shape index (κ3) is 5.11. The van der Waals surface area contributed by atoms with E-state index >= 15 is 0 Å². The molecule has 7 heteroatoms. The summed E-state index contributed by atoms with van der Waals surface area (Å²) < 4.78 is 0. The minimum absolute atomic E-state index is 0.146. The van der Waals surface area contributed by atoms with Crippen molar-refractivity contribution in [1.82, 2.24) is 10.2 Å². The van der Waals surface area contributed by atoms with Gasteiger partial charge in [-0.15, -0.1) is 0 Å². The van der Waals surface area contributed by atoms with Gasteiger partial charge in [0.05, 0.1) is 4.99 Å². The number of carbonyl (C=O) groups is 1. The Morgan fingerprint density at radius 2 is 1.86 bits per heavy atom. The summed E-state index contributed by atoms with van der Waals surface area (Å²) in [6, 6.07) is 4.99. The highest BCUT2D eigenvalue weighted by Crippen LogP contribution is 2.19. The second-order valence-electron chi connectivity index (χ2n) is 5.15. The predicted molar refractivity (Wildman–Crippen MR) is 90.2 cm³/mol. The van der Waals surface area contributed by atoms with Crippen LogP contribution in [0.5, 0.6) is 0 Å². The molecular formula is C14H17Cl2N3OS. The lowest BCUT2D eigenvalue weighted by molar-refractivity contribution is 0.0915. The van der Waals surface area contributed by atoms with Crippen LogP contribution in [0.3, 0.4) is 0 Å². The van der Waals surface area contributed by atoms with Crippen LogP contribution in [0.4, 0.5) is 0 Å². The van der Waals surface area contributed by atoms with Gasteiger partial charge in [-0.25, -0.2) is 0 Å². The Kier molecular flexibility index (Phi) is 5.81. The first kappa shape index (κ1) is 16.5. The number of benzene rings is 1. The fourth-order valence-corrected chi connectivity index (χ4v) is 3.12. The van der Waals surface area contributed by atoms with E-state index in [9.17, 15) is 4.79 Å². The van der Waals surface area contributed by atoms with Crippen molar-refractivity contribution >= 4 is 46.3 Å². The Morgan fingerprint density at radius 1 is 1.29 bits per heavy atom. The van der Waals surface area contributed by atoms with Crippen molar-refractivity contribution < 1.29 is 4.79 Å². The number of rotatable bonds is 4. The zero-order chi connectivity index (χ0) is 15.4. The summed E-state index contributed by atoms with van der Waals surface area (Å²) in [4.78, 5) is 14.9. The monoisotopic (exact) mass is 345 g/mol. The first-order chi connectivity index (χ1) is 9.94. The van der Waals surface area contributed by atoms with Gasteiger partial charge < -0.3 is 11.1 Å². The van der Waals surface area contributed by atoms with Crippen LogP contribution in [0.15, 0.2) is 18.2 Å². The quantitative estimate of drug-likeness (QED) is 0.823. The van der Waals surface area contributed by atoms with Crippen LogP contribution in [0, 0.1) is 0 Å². The van der Waals surface area contributed by atoms with E-state index in [1.54, 1.807) is 18.2 Å². The van der Waals surface area contributed by atoms with Gasteiger partial charge in [0, 0.05) is 41.3 Å². The second kappa shape index (κ2) is 7.40. The molecule has 0 aliphatic carbocycles. The largest absolute Gasteiger partial charge is 0.392 e. The number of halogens is 2. The lowest BCUT2D eigenvalue weighted by Gasteiger charge is -2.31. The minimum Gasteiger partial charge on any atom is -0.392 e. The number of hydrogen-bond acceptors (Lipinski definition) is 3. The van der Waals surface area contributed by atoms with Crippen molar-refractivity contribution in [3.8, 4) is 0 Å². The van der Waals surface area contributed by atoms with Gasteiger partial charge in [-0.2, -0.15) is 0 Å². The van der Waals surface area contributed by atoms with Crippen LogP contribution in [0.2, 0.25) is 10.0 Å². The van der Waals surface area contributed by atoms with Crippen molar-refractivity contribution in [1.29, 1.82) is 0 Å². The maximum atomic E-state index is 12.2. The van der Waals surface area contributed by atoms with E-state index in [0.717, 1.165) is 25.9 Å². The van der Waals surface area contributed by atoms with E-state index in [-0.39, 0.29) is 11.9 Å². The van der Waals surface area contributed by atoms with E-state index in [0.29, 0.717) is 27.1 Å².